The number of nitrogens with zero attached hydrogens (tertiary/aromatic N) is 2. The summed E-state index contributed by atoms with van der Waals surface area (Å²) in [5, 5.41) is 3.13. The van der Waals surface area contributed by atoms with Crippen molar-refractivity contribution in [3.05, 3.63) is 18.2 Å². The molecule has 150 valence electrons. The van der Waals surface area contributed by atoms with Gasteiger partial charge in [-0.05, 0) is 38.0 Å². The summed E-state index contributed by atoms with van der Waals surface area (Å²) in [7, 11) is -2.26. The van der Waals surface area contributed by atoms with E-state index < -0.39 is 16.1 Å². The van der Waals surface area contributed by atoms with Crippen LogP contribution in [0.1, 0.15) is 19.8 Å². The number of anilines is 1. The van der Waals surface area contributed by atoms with Gasteiger partial charge in [0.25, 0.3) is 0 Å². The quantitative estimate of drug-likeness (QED) is 0.774. The molecule has 1 amide bonds. The SMILES string of the molecule is COc1ccc(NC(C)C(=O)N2CCCC2)cc1S(=O)(=O)N1CCOCC1. The maximum atomic E-state index is 13.0. The van der Waals surface area contributed by atoms with Crippen molar-refractivity contribution in [2.45, 2.75) is 30.7 Å². The van der Waals surface area contributed by atoms with Gasteiger partial charge in [0.1, 0.15) is 16.7 Å². The third-order valence-electron chi connectivity index (χ3n) is 4.92. The van der Waals surface area contributed by atoms with E-state index in [4.69, 9.17) is 9.47 Å². The summed E-state index contributed by atoms with van der Waals surface area (Å²) in [5.41, 5.74) is 0.572. The zero-order valence-electron chi connectivity index (χ0n) is 15.8. The minimum absolute atomic E-state index is 0.0286. The van der Waals surface area contributed by atoms with Crippen molar-refractivity contribution in [2.24, 2.45) is 0 Å². The van der Waals surface area contributed by atoms with E-state index in [9.17, 15) is 13.2 Å². The van der Waals surface area contributed by atoms with Crippen LogP contribution >= 0.6 is 0 Å². The summed E-state index contributed by atoms with van der Waals surface area (Å²) in [6.07, 6.45) is 2.06. The third kappa shape index (κ3) is 4.36. The lowest BCUT2D eigenvalue weighted by Gasteiger charge is -2.27. The number of benzene rings is 1. The molecule has 0 saturated carbocycles. The Kier molecular flexibility index (Phi) is 6.23. The van der Waals surface area contributed by atoms with Crippen LogP contribution in [-0.2, 0) is 19.6 Å². The molecule has 1 aromatic carbocycles. The Bertz CT molecular complexity index is 771. The number of carbonyl (C=O) groups is 1. The number of nitrogens with one attached hydrogen (secondary N) is 1. The molecule has 0 spiro atoms. The average Bonchev–Trinajstić information content (AvgIpc) is 3.22. The highest BCUT2D eigenvalue weighted by molar-refractivity contribution is 7.89. The summed E-state index contributed by atoms with van der Waals surface area (Å²) < 4.78 is 38.0. The number of ether oxygens (including phenoxy) is 2. The maximum Gasteiger partial charge on any atom is 0.246 e. The van der Waals surface area contributed by atoms with Crippen LogP contribution in [0.2, 0.25) is 0 Å². The molecule has 8 nitrogen and oxygen atoms in total. The Morgan fingerprint density at radius 2 is 1.85 bits per heavy atom. The monoisotopic (exact) mass is 397 g/mol. The van der Waals surface area contributed by atoms with Crippen molar-refractivity contribution in [3.63, 3.8) is 0 Å². The van der Waals surface area contributed by atoms with Crippen LogP contribution in [0.4, 0.5) is 5.69 Å². The molecule has 2 saturated heterocycles. The van der Waals surface area contributed by atoms with Crippen molar-refractivity contribution < 1.29 is 22.7 Å². The predicted octanol–water partition coefficient (Wildman–Crippen LogP) is 1.14. The van der Waals surface area contributed by atoms with E-state index in [2.05, 4.69) is 5.32 Å². The minimum Gasteiger partial charge on any atom is -0.495 e. The van der Waals surface area contributed by atoms with Gasteiger partial charge in [0, 0.05) is 31.9 Å². The van der Waals surface area contributed by atoms with Gasteiger partial charge in [0.15, 0.2) is 0 Å². The molecule has 0 bridgehead atoms. The van der Waals surface area contributed by atoms with E-state index in [0.717, 1.165) is 25.9 Å². The number of rotatable bonds is 6. The molecule has 1 N–H and O–H groups in total. The van der Waals surface area contributed by atoms with Gasteiger partial charge in [-0.3, -0.25) is 4.79 Å². The van der Waals surface area contributed by atoms with Gasteiger partial charge in [0.2, 0.25) is 15.9 Å². The van der Waals surface area contributed by atoms with Gasteiger partial charge in [-0.2, -0.15) is 4.31 Å². The van der Waals surface area contributed by atoms with Gasteiger partial charge in [-0.15, -0.1) is 0 Å². The highest BCUT2D eigenvalue weighted by atomic mass is 32.2. The minimum atomic E-state index is -3.71. The highest BCUT2D eigenvalue weighted by Crippen LogP contribution is 2.30. The molecule has 27 heavy (non-hydrogen) atoms. The zero-order valence-corrected chi connectivity index (χ0v) is 16.6. The first-order valence-electron chi connectivity index (χ1n) is 9.25. The molecule has 2 aliphatic rings. The molecule has 1 atom stereocenters. The Labute approximate surface area is 160 Å². The number of amides is 1. The molecule has 2 aliphatic heterocycles. The van der Waals surface area contributed by atoms with E-state index in [1.807, 2.05) is 4.90 Å². The Hall–Kier alpha value is -1.84. The Morgan fingerprint density at radius 1 is 1.19 bits per heavy atom. The van der Waals surface area contributed by atoms with Crippen molar-refractivity contribution >= 4 is 21.6 Å². The standard InChI is InChI=1S/C18H27N3O5S/c1-14(18(22)20-7-3-4-8-20)19-15-5-6-16(25-2)17(13-15)27(23,24)21-9-11-26-12-10-21/h5-6,13-14,19H,3-4,7-12H2,1-2H3. The molecule has 0 aromatic heterocycles. The first-order chi connectivity index (χ1) is 12.9. The molecule has 1 aromatic rings. The highest BCUT2D eigenvalue weighted by Gasteiger charge is 2.30. The Morgan fingerprint density at radius 3 is 2.48 bits per heavy atom. The fourth-order valence-electron chi connectivity index (χ4n) is 3.42. The van der Waals surface area contributed by atoms with Crippen LogP contribution in [-0.4, -0.2) is 76.1 Å². The van der Waals surface area contributed by atoms with Gasteiger partial charge in [0.05, 0.1) is 20.3 Å². The first kappa shape index (κ1) is 19.9. The normalized spacial score (nSPS) is 19.7. The van der Waals surface area contributed by atoms with Gasteiger partial charge < -0.3 is 19.7 Å². The Balaban J connectivity index is 1.81. The molecule has 0 aliphatic carbocycles. The second-order valence-electron chi connectivity index (χ2n) is 6.78. The first-order valence-corrected chi connectivity index (χ1v) is 10.7. The lowest BCUT2D eigenvalue weighted by Crippen LogP contribution is -2.41. The lowest BCUT2D eigenvalue weighted by atomic mass is 10.2. The van der Waals surface area contributed by atoms with Crippen molar-refractivity contribution in [3.8, 4) is 5.75 Å². The number of carbonyl (C=O) groups excluding carboxylic acids is 1. The molecule has 2 fully saturated rings. The second kappa shape index (κ2) is 8.45. The van der Waals surface area contributed by atoms with Gasteiger partial charge >= 0.3 is 0 Å². The molecule has 0 radical (unpaired) electrons. The van der Waals surface area contributed by atoms with Gasteiger partial charge in [-0.1, -0.05) is 0 Å². The number of hydrogen-bond acceptors (Lipinski definition) is 6. The number of hydrogen-bond donors (Lipinski definition) is 1. The molecule has 2 heterocycles. The van der Waals surface area contributed by atoms with E-state index in [-0.39, 0.29) is 16.6 Å². The molecule has 1 unspecified atom stereocenters. The molecular formula is C18H27N3O5S. The topological polar surface area (TPSA) is 88.2 Å². The molecular weight excluding hydrogens is 370 g/mol. The second-order valence-corrected chi connectivity index (χ2v) is 8.69. The van der Waals surface area contributed by atoms with Crippen LogP contribution in [0.3, 0.4) is 0 Å². The predicted molar refractivity (Wildman–Crippen MR) is 101 cm³/mol. The number of morpholine rings is 1. The van der Waals surface area contributed by atoms with Crippen LogP contribution in [0, 0.1) is 0 Å². The van der Waals surface area contributed by atoms with Crippen molar-refractivity contribution in [2.75, 3.05) is 51.8 Å². The zero-order chi connectivity index (χ0) is 19.4. The van der Waals surface area contributed by atoms with Crippen LogP contribution in [0.15, 0.2) is 23.1 Å². The summed E-state index contributed by atoms with van der Waals surface area (Å²) in [5.74, 6) is 0.312. The fraction of sp³-hybridized carbons (Fsp3) is 0.611. The number of methoxy groups -OCH3 is 1. The maximum absolute atomic E-state index is 13.0. The van der Waals surface area contributed by atoms with Gasteiger partial charge in [-0.25, -0.2) is 8.42 Å². The average molecular weight is 397 g/mol. The van der Waals surface area contributed by atoms with E-state index >= 15 is 0 Å². The van der Waals surface area contributed by atoms with Crippen LogP contribution < -0.4 is 10.1 Å². The summed E-state index contributed by atoms with van der Waals surface area (Å²) in [6, 6.07) is 4.45. The molecule has 9 heteroatoms. The number of likely N-dealkylation sites (tertiary alicyclic amines) is 1. The smallest absolute Gasteiger partial charge is 0.246 e. The molecule has 3 rings (SSSR count). The van der Waals surface area contributed by atoms with E-state index in [1.54, 1.807) is 19.1 Å². The summed E-state index contributed by atoms with van der Waals surface area (Å²) in [6.45, 7) is 4.73. The lowest BCUT2D eigenvalue weighted by molar-refractivity contribution is -0.130. The largest absolute Gasteiger partial charge is 0.495 e. The van der Waals surface area contributed by atoms with Crippen LogP contribution in [0.25, 0.3) is 0 Å². The summed E-state index contributed by atoms with van der Waals surface area (Å²) in [4.78, 5) is 14.4. The van der Waals surface area contributed by atoms with E-state index in [0.29, 0.717) is 32.0 Å². The fourth-order valence-corrected chi connectivity index (χ4v) is 5.01. The number of sulfonamides is 1. The third-order valence-corrected chi connectivity index (χ3v) is 6.84. The summed E-state index contributed by atoms with van der Waals surface area (Å²) >= 11 is 0. The van der Waals surface area contributed by atoms with Crippen LogP contribution in [0.5, 0.6) is 5.75 Å². The van der Waals surface area contributed by atoms with Crippen molar-refractivity contribution in [1.82, 2.24) is 9.21 Å². The van der Waals surface area contributed by atoms with Crippen molar-refractivity contribution in [1.29, 1.82) is 0 Å². The van der Waals surface area contributed by atoms with E-state index in [1.165, 1.54) is 17.5 Å².